The average Bonchev–Trinajstić information content (AvgIpc) is 2.68. The van der Waals surface area contributed by atoms with Gasteiger partial charge in [-0.2, -0.15) is 0 Å². The Balaban J connectivity index is 1.87. The molecule has 0 spiro atoms. The molecule has 0 radical (unpaired) electrons. The highest BCUT2D eigenvalue weighted by atomic mass is 79.9. The number of rotatable bonds is 3. The van der Waals surface area contributed by atoms with Crippen molar-refractivity contribution in [1.82, 2.24) is 4.98 Å². The van der Waals surface area contributed by atoms with Crippen molar-refractivity contribution in [1.29, 1.82) is 0 Å². The van der Waals surface area contributed by atoms with Crippen molar-refractivity contribution in [2.45, 2.75) is 0 Å². The van der Waals surface area contributed by atoms with E-state index in [1.54, 1.807) is 48.7 Å². The fraction of sp³-hybridized carbons (Fsp3) is 0. The third-order valence-electron chi connectivity index (χ3n) is 3.90. The van der Waals surface area contributed by atoms with E-state index >= 15 is 0 Å². The third kappa shape index (κ3) is 3.99. The van der Waals surface area contributed by atoms with Crippen molar-refractivity contribution in [3.63, 3.8) is 0 Å². The highest BCUT2D eigenvalue weighted by molar-refractivity contribution is 9.10. The Bertz CT molecular complexity index is 1240. The maximum atomic E-state index is 13.5. The van der Waals surface area contributed by atoms with Crippen molar-refractivity contribution in [2.75, 3.05) is 5.32 Å². The van der Waals surface area contributed by atoms with Crippen LogP contribution in [0.25, 0.3) is 11.0 Å². The first kappa shape index (κ1) is 18.1. The highest BCUT2D eigenvalue weighted by Crippen LogP contribution is 2.20. The van der Waals surface area contributed by atoms with E-state index in [0.717, 1.165) is 9.86 Å². The van der Waals surface area contributed by atoms with Crippen LogP contribution in [0.5, 0.6) is 0 Å². The molecule has 0 aliphatic carbocycles. The molecule has 1 amide bonds. The number of benzene rings is 2. The van der Waals surface area contributed by atoms with E-state index < -0.39 is 11.7 Å². The fourth-order valence-corrected chi connectivity index (χ4v) is 3.01. The number of carbonyl (C=O) groups excluding carboxylic acids is 1. The SMILES string of the molecule is O=C(Nc1ccccn1)c1cc2cc(Br)ccc2oc1=Nc1cccc(F)c1. The lowest BCUT2D eigenvalue weighted by atomic mass is 10.1. The molecule has 4 aromatic rings. The molecule has 0 bridgehead atoms. The number of pyridine rings is 1. The number of nitrogens with one attached hydrogen (secondary N) is 1. The van der Waals surface area contributed by atoms with Crippen LogP contribution in [0.3, 0.4) is 0 Å². The maximum absolute atomic E-state index is 13.5. The Morgan fingerprint density at radius 1 is 1.07 bits per heavy atom. The minimum atomic E-state index is -0.431. The molecule has 0 aliphatic heterocycles. The summed E-state index contributed by atoms with van der Waals surface area (Å²) < 4.78 is 20.2. The molecule has 0 aliphatic rings. The normalized spacial score (nSPS) is 11.6. The molecular weight excluding hydrogens is 425 g/mol. The maximum Gasteiger partial charge on any atom is 0.262 e. The number of hydrogen-bond acceptors (Lipinski definition) is 4. The number of aromatic nitrogens is 1. The van der Waals surface area contributed by atoms with Crippen LogP contribution < -0.4 is 10.9 Å². The lowest BCUT2D eigenvalue weighted by molar-refractivity contribution is 0.102. The van der Waals surface area contributed by atoms with Crippen LogP contribution in [-0.4, -0.2) is 10.9 Å². The summed E-state index contributed by atoms with van der Waals surface area (Å²) in [6, 6.07) is 18.1. The van der Waals surface area contributed by atoms with Crippen molar-refractivity contribution < 1.29 is 13.6 Å². The Hall–Kier alpha value is -3.32. The van der Waals surface area contributed by atoms with E-state index in [1.165, 1.54) is 12.1 Å². The Labute approximate surface area is 167 Å². The first-order valence-electron chi connectivity index (χ1n) is 8.34. The third-order valence-corrected chi connectivity index (χ3v) is 4.39. The minimum absolute atomic E-state index is 0.0776. The molecule has 0 fully saturated rings. The molecule has 0 unspecified atom stereocenters. The minimum Gasteiger partial charge on any atom is -0.438 e. The molecule has 2 aromatic carbocycles. The second-order valence-electron chi connectivity index (χ2n) is 5.91. The van der Waals surface area contributed by atoms with E-state index in [2.05, 4.69) is 31.2 Å². The molecular formula is C21H13BrFN3O2. The van der Waals surface area contributed by atoms with Crippen LogP contribution in [0.2, 0.25) is 0 Å². The fourth-order valence-electron chi connectivity index (χ4n) is 2.63. The average molecular weight is 438 g/mol. The van der Waals surface area contributed by atoms with E-state index in [-0.39, 0.29) is 11.1 Å². The number of halogens is 2. The molecule has 7 heteroatoms. The van der Waals surface area contributed by atoms with E-state index in [9.17, 15) is 9.18 Å². The van der Waals surface area contributed by atoms with Crippen LogP contribution in [0, 0.1) is 5.82 Å². The molecule has 1 N–H and O–H groups in total. The molecule has 28 heavy (non-hydrogen) atoms. The number of anilines is 1. The van der Waals surface area contributed by atoms with Crippen LogP contribution in [0.15, 0.2) is 86.8 Å². The number of hydrogen-bond donors (Lipinski definition) is 1. The number of carbonyl (C=O) groups is 1. The van der Waals surface area contributed by atoms with Crippen molar-refractivity contribution in [3.8, 4) is 0 Å². The van der Waals surface area contributed by atoms with E-state index in [0.29, 0.717) is 17.1 Å². The van der Waals surface area contributed by atoms with Crippen LogP contribution in [-0.2, 0) is 0 Å². The summed E-state index contributed by atoms with van der Waals surface area (Å²) in [4.78, 5) is 21.3. The Kier molecular flexibility index (Phi) is 4.99. The standard InChI is InChI=1S/C21H13BrFN3O2/c22-14-7-8-18-13(10-14)11-17(20(27)26-19-6-1-2-9-24-19)21(28-18)25-16-5-3-4-15(23)12-16/h1-12H,(H,24,26,27). The summed E-state index contributed by atoms with van der Waals surface area (Å²) in [6.07, 6.45) is 1.58. The first-order chi connectivity index (χ1) is 13.6. The lowest BCUT2D eigenvalue weighted by Gasteiger charge is -2.06. The smallest absolute Gasteiger partial charge is 0.262 e. The molecule has 2 heterocycles. The summed E-state index contributed by atoms with van der Waals surface area (Å²) in [7, 11) is 0. The van der Waals surface area contributed by atoms with Gasteiger partial charge < -0.3 is 9.73 Å². The van der Waals surface area contributed by atoms with Gasteiger partial charge in [0.1, 0.15) is 22.8 Å². The van der Waals surface area contributed by atoms with Gasteiger partial charge in [0.05, 0.1) is 5.69 Å². The summed E-state index contributed by atoms with van der Waals surface area (Å²) in [6.45, 7) is 0. The number of amides is 1. The summed E-state index contributed by atoms with van der Waals surface area (Å²) in [5.41, 5.74) is 1.18. The van der Waals surface area contributed by atoms with Crippen LogP contribution in [0.4, 0.5) is 15.9 Å². The zero-order valence-electron chi connectivity index (χ0n) is 14.4. The second-order valence-corrected chi connectivity index (χ2v) is 6.82. The van der Waals surface area contributed by atoms with Gasteiger partial charge in [0.2, 0.25) is 5.55 Å². The van der Waals surface area contributed by atoms with Crippen LogP contribution >= 0.6 is 15.9 Å². The van der Waals surface area contributed by atoms with Gasteiger partial charge in [-0.3, -0.25) is 4.79 Å². The monoisotopic (exact) mass is 437 g/mol. The van der Waals surface area contributed by atoms with Gasteiger partial charge >= 0.3 is 0 Å². The number of nitrogens with zero attached hydrogens (tertiary/aromatic N) is 2. The Morgan fingerprint density at radius 3 is 2.75 bits per heavy atom. The molecule has 2 aromatic heterocycles. The number of fused-ring (bicyclic) bond motifs is 1. The topological polar surface area (TPSA) is 67.5 Å². The predicted octanol–water partition coefficient (Wildman–Crippen LogP) is 5.21. The van der Waals surface area contributed by atoms with Crippen LogP contribution in [0.1, 0.15) is 10.4 Å². The largest absolute Gasteiger partial charge is 0.438 e. The zero-order valence-corrected chi connectivity index (χ0v) is 16.0. The van der Waals surface area contributed by atoms with Gasteiger partial charge in [0.25, 0.3) is 5.91 Å². The quantitative estimate of drug-likeness (QED) is 0.477. The molecule has 4 rings (SSSR count). The lowest BCUT2D eigenvalue weighted by Crippen LogP contribution is -2.22. The molecule has 5 nitrogen and oxygen atoms in total. The predicted molar refractivity (Wildman–Crippen MR) is 108 cm³/mol. The van der Waals surface area contributed by atoms with Crippen molar-refractivity contribution in [3.05, 3.63) is 94.3 Å². The van der Waals surface area contributed by atoms with Gasteiger partial charge in [-0.1, -0.05) is 28.1 Å². The van der Waals surface area contributed by atoms with Gasteiger partial charge in [0, 0.05) is 16.1 Å². The van der Waals surface area contributed by atoms with Gasteiger partial charge in [-0.15, -0.1) is 0 Å². The van der Waals surface area contributed by atoms with Gasteiger partial charge in [0.15, 0.2) is 0 Å². The van der Waals surface area contributed by atoms with E-state index in [1.807, 2.05) is 12.1 Å². The van der Waals surface area contributed by atoms with Crippen molar-refractivity contribution >= 4 is 44.3 Å². The van der Waals surface area contributed by atoms with Gasteiger partial charge in [-0.05, 0) is 54.6 Å². The Morgan fingerprint density at radius 2 is 1.96 bits per heavy atom. The highest BCUT2D eigenvalue weighted by Gasteiger charge is 2.14. The van der Waals surface area contributed by atoms with E-state index in [4.69, 9.17) is 4.42 Å². The first-order valence-corrected chi connectivity index (χ1v) is 9.14. The van der Waals surface area contributed by atoms with Crippen molar-refractivity contribution in [2.24, 2.45) is 4.99 Å². The summed E-state index contributed by atoms with van der Waals surface area (Å²) in [5, 5.41) is 3.44. The molecule has 0 atom stereocenters. The zero-order chi connectivity index (χ0) is 19.5. The molecule has 0 saturated heterocycles. The van der Waals surface area contributed by atoms with Gasteiger partial charge in [-0.25, -0.2) is 14.4 Å². The summed E-state index contributed by atoms with van der Waals surface area (Å²) >= 11 is 3.41. The second kappa shape index (κ2) is 7.74. The molecule has 138 valence electrons. The summed E-state index contributed by atoms with van der Waals surface area (Å²) in [5.74, 6) is -0.455. The molecule has 0 saturated carbocycles.